The first-order valence-electron chi connectivity index (χ1n) is 4.19. The third-order valence-electron chi connectivity index (χ3n) is 1.76. The summed E-state index contributed by atoms with van der Waals surface area (Å²) < 4.78 is 0. The number of allylic oxidation sites excluding steroid dienone is 3. The summed E-state index contributed by atoms with van der Waals surface area (Å²) in [6, 6.07) is 2.15. The van der Waals surface area contributed by atoms with Gasteiger partial charge in [0.05, 0.1) is 0 Å². The van der Waals surface area contributed by atoms with Gasteiger partial charge in [-0.2, -0.15) is 0 Å². The topological polar surface area (TPSA) is 15.8 Å². The lowest BCUT2D eigenvalue weighted by atomic mass is 10.2. The molecule has 0 atom stereocenters. The van der Waals surface area contributed by atoms with Gasteiger partial charge in [0.2, 0.25) is 0 Å². The van der Waals surface area contributed by atoms with Gasteiger partial charge >= 0.3 is 0 Å². The van der Waals surface area contributed by atoms with E-state index in [0.717, 1.165) is 0 Å². The third-order valence-corrected chi connectivity index (χ3v) is 1.76. The number of H-pyrrole nitrogens is 1. The average molecular weight is 161 g/mol. The van der Waals surface area contributed by atoms with Gasteiger partial charge < -0.3 is 4.98 Å². The molecule has 12 heavy (non-hydrogen) atoms. The zero-order valence-corrected chi connectivity index (χ0v) is 7.89. The number of hydrogen-bond donors (Lipinski definition) is 1. The molecule has 1 nitrogen and oxygen atoms in total. The zero-order chi connectivity index (χ0) is 8.97. The molecular weight excluding hydrogens is 146 g/mol. The van der Waals surface area contributed by atoms with Gasteiger partial charge in [0.1, 0.15) is 0 Å². The van der Waals surface area contributed by atoms with Crippen LogP contribution >= 0.6 is 0 Å². The van der Waals surface area contributed by atoms with E-state index in [-0.39, 0.29) is 0 Å². The van der Waals surface area contributed by atoms with E-state index in [1.165, 1.54) is 17.0 Å². The molecule has 0 unspecified atom stereocenters. The molecule has 1 heteroatoms. The minimum absolute atomic E-state index is 1.20. The fourth-order valence-corrected chi connectivity index (χ4v) is 1.19. The van der Waals surface area contributed by atoms with Crippen molar-refractivity contribution in [3.63, 3.8) is 0 Å². The first kappa shape index (κ1) is 8.85. The highest BCUT2D eigenvalue weighted by Gasteiger charge is 1.95. The van der Waals surface area contributed by atoms with Crippen molar-refractivity contribution in [1.29, 1.82) is 0 Å². The normalized spacial score (nSPS) is 11.9. The Hall–Kier alpha value is -1.24. The number of hydrogen-bond acceptors (Lipinski definition) is 0. The average Bonchev–Trinajstić information content (AvgIpc) is 2.31. The molecule has 64 valence electrons. The second-order valence-corrected chi connectivity index (χ2v) is 2.93. The van der Waals surface area contributed by atoms with Gasteiger partial charge in [-0.05, 0) is 38.5 Å². The van der Waals surface area contributed by atoms with Crippen LogP contribution in [0.15, 0.2) is 24.3 Å². The van der Waals surface area contributed by atoms with E-state index in [0.29, 0.717) is 0 Å². The van der Waals surface area contributed by atoms with Crippen molar-refractivity contribution in [2.45, 2.75) is 20.8 Å². The predicted molar refractivity (Wildman–Crippen MR) is 54.1 cm³/mol. The Morgan fingerprint density at radius 3 is 2.50 bits per heavy atom. The fourth-order valence-electron chi connectivity index (χ4n) is 1.19. The van der Waals surface area contributed by atoms with E-state index in [1.807, 2.05) is 25.2 Å². The van der Waals surface area contributed by atoms with Crippen LogP contribution < -0.4 is 0 Å². The zero-order valence-electron chi connectivity index (χ0n) is 7.89. The minimum Gasteiger partial charge on any atom is -0.359 e. The Kier molecular flexibility index (Phi) is 2.92. The second kappa shape index (κ2) is 3.96. The van der Waals surface area contributed by atoms with Crippen LogP contribution in [0.3, 0.4) is 0 Å². The number of aromatic amines is 1. The standard InChI is InChI=1S/C11H15N/c1-4-5-6-7-11-9(2)8-10(3)12-11/h4-8,12H,1-3H3/b5-4-,7-6-. The summed E-state index contributed by atoms with van der Waals surface area (Å²) in [7, 11) is 0. The maximum Gasteiger partial charge on any atom is 0.0412 e. The fraction of sp³-hybridized carbons (Fsp3) is 0.273. The van der Waals surface area contributed by atoms with Crippen LogP contribution in [0.25, 0.3) is 6.08 Å². The van der Waals surface area contributed by atoms with Gasteiger partial charge in [-0.1, -0.05) is 18.2 Å². The van der Waals surface area contributed by atoms with Crippen molar-refractivity contribution in [2.24, 2.45) is 0 Å². The Morgan fingerprint density at radius 1 is 1.25 bits per heavy atom. The molecule has 1 rings (SSSR count). The summed E-state index contributed by atoms with van der Waals surface area (Å²) >= 11 is 0. The summed E-state index contributed by atoms with van der Waals surface area (Å²) in [5.41, 5.74) is 3.71. The molecule has 0 aliphatic heterocycles. The first-order valence-corrected chi connectivity index (χ1v) is 4.19. The van der Waals surface area contributed by atoms with Gasteiger partial charge in [-0.15, -0.1) is 0 Å². The molecule has 1 N–H and O–H groups in total. The van der Waals surface area contributed by atoms with E-state index in [4.69, 9.17) is 0 Å². The molecule has 0 aliphatic carbocycles. The molecule has 0 spiro atoms. The monoisotopic (exact) mass is 161 g/mol. The van der Waals surface area contributed by atoms with Crippen LogP contribution in [0.5, 0.6) is 0 Å². The van der Waals surface area contributed by atoms with E-state index in [9.17, 15) is 0 Å². The Morgan fingerprint density at radius 2 is 2.00 bits per heavy atom. The van der Waals surface area contributed by atoms with Gasteiger partial charge in [0.15, 0.2) is 0 Å². The summed E-state index contributed by atoms with van der Waals surface area (Å²) in [5.74, 6) is 0. The molecule has 0 aliphatic rings. The van der Waals surface area contributed by atoms with Crippen LogP contribution in [0.4, 0.5) is 0 Å². The second-order valence-electron chi connectivity index (χ2n) is 2.93. The van der Waals surface area contributed by atoms with E-state index in [1.54, 1.807) is 0 Å². The van der Waals surface area contributed by atoms with Gasteiger partial charge in [-0.3, -0.25) is 0 Å². The van der Waals surface area contributed by atoms with Gasteiger partial charge in [0, 0.05) is 11.4 Å². The van der Waals surface area contributed by atoms with Crippen LogP contribution in [0.1, 0.15) is 23.9 Å². The molecule has 1 aromatic rings. The molecule has 0 aromatic carbocycles. The minimum atomic E-state index is 1.20. The maximum absolute atomic E-state index is 3.28. The lowest BCUT2D eigenvalue weighted by Crippen LogP contribution is -1.73. The van der Waals surface area contributed by atoms with Crippen LogP contribution in [0.2, 0.25) is 0 Å². The number of nitrogens with one attached hydrogen (secondary N) is 1. The summed E-state index contributed by atoms with van der Waals surface area (Å²) in [4.78, 5) is 3.28. The Balaban J connectivity index is 2.81. The Bertz CT molecular complexity index is 303. The molecule has 1 heterocycles. The largest absolute Gasteiger partial charge is 0.359 e. The van der Waals surface area contributed by atoms with Crippen molar-refractivity contribution in [2.75, 3.05) is 0 Å². The van der Waals surface area contributed by atoms with E-state index >= 15 is 0 Å². The maximum atomic E-state index is 3.28. The highest BCUT2D eigenvalue weighted by molar-refractivity contribution is 5.52. The lowest BCUT2D eigenvalue weighted by Gasteiger charge is -1.87. The van der Waals surface area contributed by atoms with E-state index < -0.39 is 0 Å². The van der Waals surface area contributed by atoms with Gasteiger partial charge in [-0.25, -0.2) is 0 Å². The molecule has 0 saturated carbocycles. The number of aromatic nitrogens is 1. The quantitative estimate of drug-likeness (QED) is 0.641. The molecule has 0 radical (unpaired) electrons. The smallest absolute Gasteiger partial charge is 0.0412 e. The SMILES string of the molecule is C/C=C\C=C/c1[nH]c(C)cc1C. The Labute approximate surface area is 73.8 Å². The summed E-state index contributed by atoms with van der Waals surface area (Å²) in [6.07, 6.45) is 8.16. The van der Waals surface area contributed by atoms with E-state index in [2.05, 4.69) is 31.0 Å². The highest BCUT2D eigenvalue weighted by atomic mass is 14.7. The third kappa shape index (κ3) is 2.12. The molecule has 0 saturated heterocycles. The molecule has 0 fully saturated rings. The molecular formula is C11H15N. The van der Waals surface area contributed by atoms with Crippen molar-refractivity contribution in [1.82, 2.24) is 4.98 Å². The molecule has 1 aromatic heterocycles. The number of rotatable bonds is 2. The van der Waals surface area contributed by atoms with Crippen molar-refractivity contribution >= 4 is 6.08 Å². The highest BCUT2D eigenvalue weighted by Crippen LogP contribution is 2.10. The molecule has 0 amide bonds. The number of aryl methyl sites for hydroxylation is 2. The van der Waals surface area contributed by atoms with Crippen molar-refractivity contribution in [3.05, 3.63) is 41.2 Å². The first-order chi connectivity index (χ1) is 5.74. The predicted octanol–water partition coefficient (Wildman–Crippen LogP) is 3.22. The lowest BCUT2D eigenvalue weighted by molar-refractivity contribution is 1.24. The summed E-state index contributed by atoms with van der Waals surface area (Å²) in [6.45, 7) is 6.19. The van der Waals surface area contributed by atoms with Crippen molar-refractivity contribution < 1.29 is 0 Å². The molecule has 0 bridgehead atoms. The van der Waals surface area contributed by atoms with Gasteiger partial charge in [0.25, 0.3) is 0 Å². The van der Waals surface area contributed by atoms with Crippen LogP contribution in [0, 0.1) is 13.8 Å². The van der Waals surface area contributed by atoms with Crippen LogP contribution in [-0.4, -0.2) is 4.98 Å². The van der Waals surface area contributed by atoms with Crippen molar-refractivity contribution in [3.8, 4) is 0 Å². The van der Waals surface area contributed by atoms with Crippen LogP contribution in [-0.2, 0) is 0 Å². The summed E-state index contributed by atoms with van der Waals surface area (Å²) in [5, 5.41) is 0.